The Bertz CT molecular complexity index is 742. The van der Waals surface area contributed by atoms with Crippen molar-refractivity contribution in [1.29, 1.82) is 10.5 Å². The van der Waals surface area contributed by atoms with E-state index < -0.39 is 5.97 Å². The van der Waals surface area contributed by atoms with Gasteiger partial charge in [-0.3, -0.25) is 4.79 Å². The number of benzene rings is 1. The first-order valence-corrected chi connectivity index (χ1v) is 6.22. The third-order valence-corrected chi connectivity index (χ3v) is 3.16. The predicted octanol–water partition coefficient (Wildman–Crippen LogP) is 0.582. The van der Waals surface area contributed by atoms with Crippen molar-refractivity contribution >= 4 is 17.7 Å². The Balaban J connectivity index is 2.38. The van der Waals surface area contributed by atoms with Gasteiger partial charge in [-0.25, -0.2) is 0 Å². The molecule has 0 aliphatic heterocycles. The number of carboxylic acid groups (broad SMARTS) is 1. The Morgan fingerprint density at radius 2 is 2.10 bits per heavy atom. The van der Waals surface area contributed by atoms with Crippen LogP contribution in [-0.4, -0.2) is 37.0 Å². The van der Waals surface area contributed by atoms with E-state index in [9.17, 15) is 4.79 Å². The molecule has 0 aliphatic carbocycles. The Hall–Kier alpha value is -2.91. The SMILES string of the molecule is N#Cc1ccc(-n2nnnc2SCC(=O)O)cc1C#N. The van der Waals surface area contributed by atoms with Crippen LogP contribution in [0, 0.1) is 22.7 Å². The van der Waals surface area contributed by atoms with Crippen LogP contribution in [0.1, 0.15) is 11.1 Å². The quantitative estimate of drug-likeness (QED) is 0.808. The first kappa shape index (κ1) is 13.5. The van der Waals surface area contributed by atoms with Crippen LogP contribution in [0.3, 0.4) is 0 Å². The normalized spacial score (nSPS) is 9.70. The summed E-state index contributed by atoms with van der Waals surface area (Å²) in [4.78, 5) is 10.5. The summed E-state index contributed by atoms with van der Waals surface area (Å²) in [5, 5.41) is 37.7. The zero-order valence-electron chi connectivity index (χ0n) is 9.89. The fourth-order valence-electron chi connectivity index (χ4n) is 1.41. The highest BCUT2D eigenvalue weighted by atomic mass is 32.2. The van der Waals surface area contributed by atoms with Gasteiger partial charge in [0.25, 0.3) is 0 Å². The smallest absolute Gasteiger partial charge is 0.313 e. The molecule has 1 heterocycles. The topological polar surface area (TPSA) is 128 Å². The second-order valence-corrected chi connectivity index (χ2v) is 4.45. The van der Waals surface area contributed by atoms with Crippen molar-refractivity contribution in [3.05, 3.63) is 29.3 Å². The monoisotopic (exact) mass is 286 g/mol. The molecular formula is C11H6N6O2S. The van der Waals surface area contributed by atoms with Gasteiger partial charge in [-0.05, 0) is 28.6 Å². The Morgan fingerprint density at radius 1 is 1.35 bits per heavy atom. The van der Waals surface area contributed by atoms with Gasteiger partial charge in [0.15, 0.2) is 0 Å². The van der Waals surface area contributed by atoms with Crippen molar-refractivity contribution in [2.45, 2.75) is 5.16 Å². The van der Waals surface area contributed by atoms with E-state index in [1.165, 1.54) is 16.8 Å². The molecule has 20 heavy (non-hydrogen) atoms. The molecule has 1 N–H and O–H groups in total. The number of thioether (sulfide) groups is 1. The minimum absolute atomic E-state index is 0.179. The van der Waals surface area contributed by atoms with Crippen LogP contribution >= 0.6 is 11.8 Å². The lowest BCUT2D eigenvalue weighted by atomic mass is 10.1. The second-order valence-electron chi connectivity index (χ2n) is 3.51. The lowest BCUT2D eigenvalue weighted by molar-refractivity contribution is -0.133. The van der Waals surface area contributed by atoms with E-state index in [-0.39, 0.29) is 16.9 Å². The van der Waals surface area contributed by atoms with Gasteiger partial charge in [0.05, 0.1) is 22.6 Å². The predicted molar refractivity (Wildman–Crippen MR) is 66.9 cm³/mol. The van der Waals surface area contributed by atoms with Gasteiger partial charge in [-0.1, -0.05) is 11.8 Å². The fourth-order valence-corrected chi connectivity index (χ4v) is 2.02. The van der Waals surface area contributed by atoms with Crippen LogP contribution in [0.15, 0.2) is 23.4 Å². The molecule has 0 radical (unpaired) electrons. The number of carbonyl (C=O) groups is 1. The largest absolute Gasteiger partial charge is 0.481 e. The highest BCUT2D eigenvalue weighted by molar-refractivity contribution is 7.99. The highest BCUT2D eigenvalue weighted by Crippen LogP contribution is 2.19. The maximum atomic E-state index is 10.5. The minimum atomic E-state index is -0.984. The van der Waals surface area contributed by atoms with E-state index in [1.807, 2.05) is 12.1 Å². The van der Waals surface area contributed by atoms with Gasteiger partial charge in [-0.15, -0.1) is 5.10 Å². The molecule has 1 aromatic carbocycles. The summed E-state index contributed by atoms with van der Waals surface area (Å²) in [6, 6.07) is 8.36. The van der Waals surface area contributed by atoms with E-state index in [2.05, 4.69) is 15.5 Å². The molecule has 9 heteroatoms. The van der Waals surface area contributed by atoms with E-state index in [4.69, 9.17) is 15.6 Å². The molecule has 2 aromatic rings. The van der Waals surface area contributed by atoms with Gasteiger partial charge in [0.1, 0.15) is 12.1 Å². The van der Waals surface area contributed by atoms with Gasteiger partial charge in [0, 0.05) is 0 Å². The molecule has 2 rings (SSSR count). The number of hydrogen-bond donors (Lipinski definition) is 1. The van der Waals surface area contributed by atoms with Gasteiger partial charge < -0.3 is 5.11 Å². The molecule has 0 saturated heterocycles. The first-order chi connectivity index (χ1) is 9.65. The van der Waals surface area contributed by atoms with Crippen LogP contribution in [0.5, 0.6) is 0 Å². The number of nitriles is 2. The Kier molecular flexibility index (Phi) is 3.93. The second kappa shape index (κ2) is 5.82. The van der Waals surface area contributed by atoms with Crippen molar-refractivity contribution in [3.63, 3.8) is 0 Å². The molecule has 0 aliphatic rings. The highest BCUT2D eigenvalue weighted by Gasteiger charge is 2.12. The molecule has 98 valence electrons. The van der Waals surface area contributed by atoms with Crippen LogP contribution in [-0.2, 0) is 4.79 Å². The third kappa shape index (κ3) is 2.74. The zero-order valence-corrected chi connectivity index (χ0v) is 10.7. The summed E-state index contributed by atoms with van der Waals surface area (Å²) in [5.41, 5.74) is 0.942. The van der Waals surface area contributed by atoms with E-state index >= 15 is 0 Å². The Labute approximate surface area is 117 Å². The average Bonchev–Trinajstić information content (AvgIpc) is 2.92. The maximum Gasteiger partial charge on any atom is 0.313 e. The van der Waals surface area contributed by atoms with Crippen molar-refractivity contribution in [2.75, 3.05) is 5.75 Å². The standard InChI is InChI=1S/C11H6N6O2S/c12-4-7-1-2-9(3-8(7)5-13)17-11(14-15-16-17)20-6-10(18)19/h1-3H,6H2,(H,18,19). The first-order valence-electron chi connectivity index (χ1n) is 5.23. The van der Waals surface area contributed by atoms with E-state index in [1.54, 1.807) is 6.07 Å². The number of nitrogens with zero attached hydrogens (tertiary/aromatic N) is 6. The summed E-state index contributed by atoms with van der Waals surface area (Å²) in [5.74, 6) is -1.16. The van der Waals surface area contributed by atoms with Crippen molar-refractivity contribution in [3.8, 4) is 17.8 Å². The molecule has 0 atom stereocenters. The van der Waals surface area contributed by atoms with Crippen LogP contribution < -0.4 is 0 Å². The summed E-state index contributed by atoms with van der Waals surface area (Å²) < 4.78 is 1.32. The Morgan fingerprint density at radius 3 is 2.75 bits per heavy atom. The van der Waals surface area contributed by atoms with Crippen molar-refractivity contribution < 1.29 is 9.90 Å². The number of aromatic nitrogens is 4. The van der Waals surface area contributed by atoms with Gasteiger partial charge in [0.2, 0.25) is 5.16 Å². The molecule has 0 bridgehead atoms. The van der Waals surface area contributed by atoms with Crippen LogP contribution in [0.25, 0.3) is 5.69 Å². The molecule has 1 aromatic heterocycles. The molecule has 0 fully saturated rings. The maximum absolute atomic E-state index is 10.5. The van der Waals surface area contributed by atoms with E-state index in [0.29, 0.717) is 10.8 Å². The molecule has 0 unspecified atom stereocenters. The van der Waals surface area contributed by atoms with Crippen LogP contribution in [0.2, 0.25) is 0 Å². The number of rotatable bonds is 4. The third-order valence-electron chi connectivity index (χ3n) is 2.25. The zero-order chi connectivity index (χ0) is 14.5. The summed E-state index contributed by atoms with van der Waals surface area (Å²) in [7, 11) is 0. The molecule has 0 amide bonds. The van der Waals surface area contributed by atoms with Crippen molar-refractivity contribution in [2.24, 2.45) is 0 Å². The van der Waals surface area contributed by atoms with Crippen molar-refractivity contribution in [1.82, 2.24) is 20.2 Å². The van der Waals surface area contributed by atoms with Gasteiger partial charge >= 0.3 is 5.97 Å². The van der Waals surface area contributed by atoms with Crippen LogP contribution in [0.4, 0.5) is 0 Å². The van der Waals surface area contributed by atoms with Gasteiger partial charge in [-0.2, -0.15) is 15.2 Å². The number of aliphatic carboxylic acids is 1. The number of tetrazole rings is 1. The summed E-state index contributed by atoms with van der Waals surface area (Å²) in [6.07, 6.45) is 0. The summed E-state index contributed by atoms with van der Waals surface area (Å²) in [6.45, 7) is 0. The molecular weight excluding hydrogens is 280 g/mol. The molecule has 0 spiro atoms. The average molecular weight is 286 g/mol. The summed E-state index contributed by atoms with van der Waals surface area (Å²) >= 11 is 0.959. The number of carboxylic acids is 1. The fraction of sp³-hybridized carbons (Fsp3) is 0.0909. The number of hydrogen-bond acceptors (Lipinski definition) is 7. The van der Waals surface area contributed by atoms with E-state index in [0.717, 1.165) is 11.8 Å². The lowest BCUT2D eigenvalue weighted by Gasteiger charge is -2.04. The molecule has 8 nitrogen and oxygen atoms in total. The molecule has 0 saturated carbocycles. The lowest BCUT2D eigenvalue weighted by Crippen LogP contribution is -2.03. The minimum Gasteiger partial charge on any atom is -0.481 e.